The summed E-state index contributed by atoms with van der Waals surface area (Å²) in [4.78, 5) is 0. The van der Waals surface area contributed by atoms with Crippen LogP contribution in [0.2, 0.25) is 0 Å². The maximum atomic E-state index is 11.6. The maximum absolute atomic E-state index is 11.6. The number of hydrogen-bond donors (Lipinski definition) is 14. The molecule has 0 aromatic heterocycles. The van der Waals surface area contributed by atoms with Gasteiger partial charge in [0.15, 0.2) is 12.6 Å². The van der Waals surface area contributed by atoms with Crippen molar-refractivity contribution >= 4 is 0 Å². The van der Waals surface area contributed by atoms with Gasteiger partial charge in [0.05, 0.1) is 50.6 Å². The van der Waals surface area contributed by atoms with Gasteiger partial charge in [0.2, 0.25) is 6.29 Å². The zero-order valence-corrected chi connectivity index (χ0v) is 27.4. The van der Waals surface area contributed by atoms with E-state index in [2.05, 4.69) is 10.6 Å². The molecule has 0 amide bonds. The van der Waals surface area contributed by atoms with E-state index in [1.54, 1.807) is 0 Å². The molecular weight excluding hydrogens is 654 g/mol. The first kappa shape index (κ1) is 40.5. The van der Waals surface area contributed by atoms with Crippen LogP contribution >= 0.6 is 0 Å². The van der Waals surface area contributed by atoms with Crippen LogP contribution in [0.3, 0.4) is 0 Å². The summed E-state index contributed by atoms with van der Waals surface area (Å²) in [5, 5.41) is 79.3. The molecule has 3 fully saturated rings. The molecule has 3 heterocycles. The van der Waals surface area contributed by atoms with Crippen molar-refractivity contribution in [1.29, 1.82) is 0 Å². The van der Waals surface area contributed by atoms with Crippen molar-refractivity contribution in [1.82, 2.24) is 10.6 Å². The number of nitrogens with one attached hydrogen (secondary N) is 2. The molecule has 0 aromatic carbocycles. The number of ether oxygens (including phenoxy) is 6. The van der Waals surface area contributed by atoms with Crippen molar-refractivity contribution in [3.8, 4) is 0 Å². The molecule has 4 aliphatic rings. The van der Waals surface area contributed by atoms with Crippen molar-refractivity contribution in [3.05, 3.63) is 11.8 Å². The third-order valence-corrected chi connectivity index (χ3v) is 9.33. The Kier molecular flexibility index (Phi) is 15.7. The predicted octanol–water partition coefficient (Wildman–Crippen LogP) is -7.75. The van der Waals surface area contributed by atoms with Gasteiger partial charge in [-0.1, -0.05) is 0 Å². The summed E-state index contributed by atoms with van der Waals surface area (Å²) >= 11 is 0. The molecule has 0 aromatic rings. The van der Waals surface area contributed by atoms with E-state index in [4.69, 9.17) is 57.1 Å². The van der Waals surface area contributed by atoms with Gasteiger partial charge in [-0.3, -0.25) is 0 Å². The van der Waals surface area contributed by atoms with Crippen LogP contribution < -0.4 is 39.3 Å². The summed E-state index contributed by atoms with van der Waals surface area (Å²) in [5.74, 6) is 0.595. The van der Waals surface area contributed by atoms with Gasteiger partial charge in [-0.15, -0.1) is 0 Å². The van der Waals surface area contributed by atoms with E-state index in [-0.39, 0.29) is 13.0 Å². The number of hydrogen-bond acceptors (Lipinski definition) is 20. The van der Waals surface area contributed by atoms with Gasteiger partial charge in [0.1, 0.15) is 54.6 Å². The van der Waals surface area contributed by atoms with E-state index in [0.717, 1.165) is 6.42 Å². The average Bonchev–Trinajstić information content (AvgIpc) is 3.39. The standard InChI is InChI=1S/C29H57N7O13/c30-4-1-5-35-8-13-2-3-14(32)27(44-13)47-24-15(33)6-16(36-12(9-37)10-38)20(40)26(24)49-29-23(43)25(18(11-39)46-29)48-28-19(34)22(42)21(41)17(7-31)45-28/h2,12,14-29,35-43H,1,3-11,30-34H2/t14-,15+,16-,17+,18-,19-,20+,21-,22-,23-,24-,25-,26-,27-,28-,29+/m1/s1. The van der Waals surface area contributed by atoms with E-state index >= 15 is 0 Å². The third-order valence-electron chi connectivity index (χ3n) is 9.33. The van der Waals surface area contributed by atoms with Crippen LogP contribution in [0.5, 0.6) is 0 Å². The first-order valence-corrected chi connectivity index (χ1v) is 16.8. The first-order valence-electron chi connectivity index (χ1n) is 16.8. The van der Waals surface area contributed by atoms with E-state index in [0.29, 0.717) is 31.8 Å². The molecule has 49 heavy (non-hydrogen) atoms. The van der Waals surface area contributed by atoms with E-state index < -0.39 is 124 Å². The van der Waals surface area contributed by atoms with Crippen molar-refractivity contribution in [2.75, 3.05) is 46.0 Å². The van der Waals surface area contributed by atoms with E-state index in [1.807, 2.05) is 6.08 Å². The Bertz CT molecular complexity index is 1020. The molecule has 2 saturated heterocycles. The van der Waals surface area contributed by atoms with Crippen LogP contribution in [-0.2, 0) is 28.4 Å². The topological polar surface area (TPSA) is 351 Å². The minimum absolute atomic E-state index is 0.125. The lowest BCUT2D eigenvalue weighted by molar-refractivity contribution is -0.282. The molecular formula is C29H57N7O13. The molecule has 19 N–H and O–H groups in total. The van der Waals surface area contributed by atoms with Gasteiger partial charge >= 0.3 is 0 Å². The number of rotatable bonds is 17. The Hall–Kier alpha value is -1.22. The lowest BCUT2D eigenvalue weighted by atomic mass is 9.83. The molecule has 16 atom stereocenters. The Morgan fingerprint density at radius 2 is 1.47 bits per heavy atom. The van der Waals surface area contributed by atoms with Crippen molar-refractivity contribution in [3.63, 3.8) is 0 Å². The molecule has 0 radical (unpaired) electrons. The monoisotopic (exact) mass is 711 g/mol. The van der Waals surface area contributed by atoms with Crippen molar-refractivity contribution in [2.24, 2.45) is 28.7 Å². The molecule has 286 valence electrons. The zero-order valence-electron chi connectivity index (χ0n) is 27.4. The fraction of sp³-hybridized carbons (Fsp3) is 0.931. The number of aliphatic hydroxyl groups excluding tert-OH is 7. The fourth-order valence-electron chi connectivity index (χ4n) is 6.41. The summed E-state index contributed by atoms with van der Waals surface area (Å²) in [5.41, 5.74) is 30.2. The smallest absolute Gasteiger partial charge is 0.215 e. The summed E-state index contributed by atoms with van der Waals surface area (Å²) in [6, 6.07) is -4.24. The minimum atomic E-state index is -1.60. The number of nitrogens with two attached hydrogens (primary N) is 5. The summed E-state index contributed by atoms with van der Waals surface area (Å²) < 4.78 is 35.9. The second-order valence-electron chi connectivity index (χ2n) is 13.0. The Labute approximate surface area is 284 Å². The highest BCUT2D eigenvalue weighted by molar-refractivity contribution is 5.05. The molecule has 20 nitrogen and oxygen atoms in total. The second kappa shape index (κ2) is 19.0. The van der Waals surface area contributed by atoms with Gasteiger partial charge in [-0.05, 0) is 38.4 Å². The molecule has 4 rings (SSSR count). The highest BCUT2D eigenvalue weighted by atomic mass is 16.8. The first-order chi connectivity index (χ1) is 23.5. The van der Waals surface area contributed by atoms with E-state index in [9.17, 15) is 35.7 Å². The molecule has 0 spiro atoms. The predicted molar refractivity (Wildman–Crippen MR) is 170 cm³/mol. The lowest BCUT2D eigenvalue weighted by Crippen LogP contribution is -2.67. The van der Waals surface area contributed by atoms with Crippen LogP contribution in [0.15, 0.2) is 11.8 Å². The second-order valence-corrected chi connectivity index (χ2v) is 13.0. The zero-order chi connectivity index (χ0) is 35.8. The largest absolute Gasteiger partial charge is 0.467 e. The van der Waals surface area contributed by atoms with Gasteiger partial charge in [-0.2, -0.15) is 0 Å². The van der Waals surface area contributed by atoms with E-state index in [1.165, 1.54) is 0 Å². The van der Waals surface area contributed by atoms with Crippen molar-refractivity contribution in [2.45, 2.75) is 123 Å². The van der Waals surface area contributed by atoms with Crippen LogP contribution in [0.4, 0.5) is 0 Å². The lowest BCUT2D eigenvalue weighted by Gasteiger charge is -2.46. The maximum Gasteiger partial charge on any atom is 0.215 e. The highest BCUT2D eigenvalue weighted by Gasteiger charge is 2.54. The summed E-state index contributed by atoms with van der Waals surface area (Å²) in [6.07, 6.45) is -12.4. The molecule has 1 saturated carbocycles. The van der Waals surface area contributed by atoms with Crippen LogP contribution in [0.1, 0.15) is 19.3 Å². The van der Waals surface area contributed by atoms with Gasteiger partial charge in [0.25, 0.3) is 0 Å². The minimum Gasteiger partial charge on any atom is -0.467 e. The van der Waals surface area contributed by atoms with Crippen LogP contribution in [-0.4, -0.2) is 186 Å². The molecule has 3 aliphatic heterocycles. The van der Waals surface area contributed by atoms with Crippen molar-refractivity contribution < 1.29 is 64.2 Å². The molecule has 1 aliphatic carbocycles. The van der Waals surface area contributed by atoms with Gasteiger partial charge < -0.3 is 103 Å². The summed E-state index contributed by atoms with van der Waals surface area (Å²) in [6.45, 7) is -0.0324. The Balaban J connectivity index is 1.52. The van der Waals surface area contributed by atoms with Crippen LogP contribution in [0.25, 0.3) is 0 Å². The van der Waals surface area contributed by atoms with Gasteiger partial charge in [-0.25, -0.2) is 0 Å². The normalized spacial score (nSPS) is 43.1. The fourth-order valence-corrected chi connectivity index (χ4v) is 6.41. The SMILES string of the molecule is NCCCNCC1=CC[C@@H](N)[C@@H](O[C@H]2[C@H](O[C@@H]3O[C@H](CO)[C@@H](O[C@H]4O[C@@H](CN)[C@@H](O)[C@H](O)[C@H]4N)[C@H]3O)[C@@H](O)[C@H](NC(CO)CO)C[C@@H]2N)O1. The van der Waals surface area contributed by atoms with Gasteiger partial charge in [0, 0.05) is 18.6 Å². The summed E-state index contributed by atoms with van der Waals surface area (Å²) in [7, 11) is 0. The Morgan fingerprint density at radius 3 is 2.12 bits per heavy atom. The highest BCUT2D eigenvalue weighted by Crippen LogP contribution is 2.34. The number of aliphatic hydroxyl groups is 7. The third kappa shape index (κ3) is 9.81. The molecule has 0 unspecified atom stereocenters. The Morgan fingerprint density at radius 1 is 0.796 bits per heavy atom. The quantitative estimate of drug-likeness (QED) is 0.0623. The molecule has 0 bridgehead atoms. The average molecular weight is 712 g/mol. The van der Waals surface area contributed by atoms with Crippen LogP contribution in [0, 0.1) is 0 Å². The molecule has 20 heteroatoms.